The minimum Gasteiger partial charge on any atom is -0.437 e. The maximum Gasteiger partial charge on any atom is 0.227 e. The van der Waals surface area contributed by atoms with Crippen molar-refractivity contribution in [3.63, 3.8) is 0 Å². The van der Waals surface area contributed by atoms with Crippen molar-refractivity contribution < 1.29 is 4.42 Å². The lowest BCUT2D eigenvalue weighted by atomic mass is 9.92. The number of rotatable bonds is 8. The molecule has 0 fully saturated rings. The van der Waals surface area contributed by atoms with Crippen molar-refractivity contribution in [1.82, 2.24) is 15.0 Å². The molecule has 4 nitrogen and oxygen atoms in total. The number of hydrogen-bond acceptors (Lipinski definition) is 4. The Labute approximate surface area is 265 Å². The molecule has 4 heterocycles. The zero-order valence-electron chi connectivity index (χ0n) is 26.8. The minimum atomic E-state index is 0.449. The molecule has 224 valence electrons. The Morgan fingerprint density at radius 1 is 0.667 bits per heavy atom. The Morgan fingerprint density at radius 2 is 1.47 bits per heavy atom. The summed E-state index contributed by atoms with van der Waals surface area (Å²) in [5.41, 5.74) is 13.0. The third-order valence-corrected chi connectivity index (χ3v) is 8.97. The molecule has 7 aromatic rings. The Hall–Kier alpha value is -4.83. The van der Waals surface area contributed by atoms with Gasteiger partial charge in [0, 0.05) is 45.4 Å². The van der Waals surface area contributed by atoms with Crippen LogP contribution in [0.25, 0.3) is 55.4 Å². The van der Waals surface area contributed by atoms with Crippen molar-refractivity contribution in [3.8, 4) is 22.5 Å². The second-order valence-electron chi connectivity index (χ2n) is 12.8. The number of pyridine rings is 3. The van der Waals surface area contributed by atoms with Gasteiger partial charge in [0.05, 0.1) is 11.4 Å². The van der Waals surface area contributed by atoms with Crippen molar-refractivity contribution in [2.45, 2.75) is 66.2 Å². The molecule has 0 amide bonds. The first kappa shape index (κ1) is 28.9. The van der Waals surface area contributed by atoms with E-state index in [1.165, 1.54) is 38.6 Å². The van der Waals surface area contributed by atoms with Crippen LogP contribution in [0, 0.1) is 20.8 Å². The maximum absolute atomic E-state index is 6.42. The van der Waals surface area contributed by atoms with E-state index in [1.54, 1.807) is 0 Å². The topological polar surface area (TPSA) is 51.8 Å². The zero-order chi connectivity index (χ0) is 31.1. The molecule has 0 aliphatic carbocycles. The SMILES string of the molecule is Cc1ccc(-c2ccc(CCCCc3cnc(-c4cc(C)cc5c4oc4nc(C)ccc45)c4ccc(C(C)C)cc34)cn2)cc1. The Balaban J connectivity index is 1.17. The average Bonchev–Trinajstić information content (AvgIpc) is 3.40. The molecule has 45 heavy (non-hydrogen) atoms. The van der Waals surface area contributed by atoms with Crippen LogP contribution in [0.2, 0.25) is 0 Å². The highest BCUT2D eigenvalue weighted by molar-refractivity contribution is 6.11. The van der Waals surface area contributed by atoms with Crippen molar-refractivity contribution in [3.05, 3.63) is 125 Å². The number of aromatic nitrogens is 3. The van der Waals surface area contributed by atoms with Gasteiger partial charge in [-0.1, -0.05) is 67.9 Å². The summed E-state index contributed by atoms with van der Waals surface area (Å²) < 4.78 is 6.42. The number of fused-ring (bicyclic) bond motifs is 4. The molecule has 0 aliphatic heterocycles. The summed E-state index contributed by atoms with van der Waals surface area (Å²) in [4.78, 5) is 14.5. The van der Waals surface area contributed by atoms with Gasteiger partial charge in [-0.2, -0.15) is 0 Å². The number of benzene rings is 3. The fourth-order valence-corrected chi connectivity index (χ4v) is 6.37. The first-order chi connectivity index (χ1) is 21.8. The molecule has 7 rings (SSSR count). The fourth-order valence-electron chi connectivity index (χ4n) is 6.37. The second kappa shape index (κ2) is 11.9. The normalized spacial score (nSPS) is 11.8. The maximum atomic E-state index is 6.42. The molecule has 0 aliphatic rings. The molecule has 0 saturated heterocycles. The van der Waals surface area contributed by atoms with E-state index >= 15 is 0 Å². The summed E-state index contributed by atoms with van der Waals surface area (Å²) in [7, 11) is 0. The van der Waals surface area contributed by atoms with E-state index in [4.69, 9.17) is 14.4 Å². The number of unbranched alkanes of at least 4 members (excludes halogenated alkanes) is 1. The van der Waals surface area contributed by atoms with Crippen LogP contribution in [0.3, 0.4) is 0 Å². The first-order valence-electron chi connectivity index (χ1n) is 16.1. The van der Waals surface area contributed by atoms with Gasteiger partial charge in [-0.15, -0.1) is 0 Å². The summed E-state index contributed by atoms with van der Waals surface area (Å²) >= 11 is 0. The van der Waals surface area contributed by atoms with E-state index in [0.29, 0.717) is 11.6 Å². The van der Waals surface area contributed by atoms with Gasteiger partial charge in [0.25, 0.3) is 0 Å². The summed E-state index contributed by atoms with van der Waals surface area (Å²) in [5, 5.41) is 4.59. The quantitative estimate of drug-likeness (QED) is 0.165. The lowest BCUT2D eigenvalue weighted by Crippen LogP contribution is -1.97. The first-order valence-corrected chi connectivity index (χ1v) is 16.1. The highest BCUT2D eigenvalue weighted by atomic mass is 16.3. The van der Waals surface area contributed by atoms with Gasteiger partial charge < -0.3 is 4.42 Å². The molecule has 0 bridgehead atoms. The van der Waals surface area contributed by atoms with Crippen molar-refractivity contribution >= 4 is 32.8 Å². The van der Waals surface area contributed by atoms with Crippen LogP contribution in [0.15, 0.2) is 95.7 Å². The largest absolute Gasteiger partial charge is 0.437 e. The van der Waals surface area contributed by atoms with Gasteiger partial charge in [-0.05, 0) is 110 Å². The molecule has 0 radical (unpaired) electrons. The molecule has 4 aromatic heterocycles. The summed E-state index contributed by atoms with van der Waals surface area (Å²) in [6.45, 7) is 10.8. The summed E-state index contributed by atoms with van der Waals surface area (Å²) in [6, 6.07) is 28.4. The van der Waals surface area contributed by atoms with Crippen LogP contribution in [-0.4, -0.2) is 15.0 Å². The van der Waals surface area contributed by atoms with E-state index in [1.807, 2.05) is 19.2 Å². The van der Waals surface area contributed by atoms with Crippen molar-refractivity contribution in [2.75, 3.05) is 0 Å². The van der Waals surface area contributed by atoms with Crippen LogP contribution in [-0.2, 0) is 12.8 Å². The number of nitrogens with zero attached hydrogens (tertiary/aromatic N) is 3. The van der Waals surface area contributed by atoms with Crippen LogP contribution in [0.1, 0.15) is 66.1 Å². The minimum absolute atomic E-state index is 0.449. The fraction of sp³-hybridized carbons (Fsp3) is 0.244. The molecule has 4 heteroatoms. The summed E-state index contributed by atoms with van der Waals surface area (Å²) in [6.07, 6.45) is 8.32. The third-order valence-electron chi connectivity index (χ3n) is 8.97. The van der Waals surface area contributed by atoms with Gasteiger partial charge in [-0.3, -0.25) is 9.97 Å². The number of hydrogen-bond donors (Lipinski definition) is 0. The monoisotopic (exact) mass is 589 g/mol. The van der Waals surface area contributed by atoms with Crippen molar-refractivity contribution in [2.24, 2.45) is 0 Å². The van der Waals surface area contributed by atoms with Gasteiger partial charge >= 0.3 is 0 Å². The zero-order valence-corrected chi connectivity index (χ0v) is 26.8. The second-order valence-corrected chi connectivity index (χ2v) is 12.8. The smallest absolute Gasteiger partial charge is 0.227 e. The lowest BCUT2D eigenvalue weighted by Gasteiger charge is -2.14. The number of aryl methyl sites for hydroxylation is 5. The molecule has 0 N–H and O–H groups in total. The van der Waals surface area contributed by atoms with Crippen LogP contribution in [0.5, 0.6) is 0 Å². The van der Waals surface area contributed by atoms with Crippen LogP contribution >= 0.6 is 0 Å². The molecule has 0 spiro atoms. The predicted octanol–water partition coefficient (Wildman–Crippen LogP) is 10.9. The molecule has 0 unspecified atom stereocenters. The highest BCUT2D eigenvalue weighted by Gasteiger charge is 2.18. The molecule has 3 aromatic carbocycles. The van der Waals surface area contributed by atoms with E-state index in [0.717, 1.165) is 70.2 Å². The third kappa shape index (κ3) is 5.73. The lowest BCUT2D eigenvalue weighted by molar-refractivity contribution is 0.653. The van der Waals surface area contributed by atoms with E-state index < -0.39 is 0 Å². The van der Waals surface area contributed by atoms with Crippen LogP contribution < -0.4 is 0 Å². The van der Waals surface area contributed by atoms with E-state index in [2.05, 4.69) is 112 Å². The van der Waals surface area contributed by atoms with Gasteiger partial charge in [-0.25, -0.2) is 4.98 Å². The average molecular weight is 590 g/mol. The highest BCUT2D eigenvalue weighted by Crippen LogP contribution is 2.39. The van der Waals surface area contributed by atoms with E-state index in [-0.39, 0.29) is 0 Å². The Bertz CT molecular complexity index is 2160. The molecule has 0 atom stereocenters. The standard InChI is InChI=1S/C41H39N3O/c1-25(2)31-16-18-33-35(22-31)32(9-7-6-8-29-13-19-38(42-23-29)30-14-10-26(3)11-15-30)24-43-39(33)37-21-27(4)20-36-34-17-12-28(5)44-41(34)45-40(36)37/h10-25H,6-9H2,1-5H3. The van der Waals surface area contributed by atoms with Gasteiger partial charge in [0.15, 0.2) is 0 Å². The van der Waals surface area contributed by atoms with E-state index in [9.17, 15) is 0 Å². The Morgan fingerprint density at radius 3 is 2.24 bits per heavy atom. The van der Waals surface area contributed by atoms with Gasteiger partial charge in [0.1, 0.15) is 5.58 Å². The molecular weight excluding hydrogens is 550 g/mol. The Kier molecular flexibility index (Phi) is 7.66. The number of furan rings is 1. The summed E-state index contributed by atoms with van der Waals surface area (Å²) in [5.74, 6) is 0.449. The molecule has 0 saturated carbocycles. The van der Waals surface area contributed by atoms with Gasteiger partial charge in [0.2, 0.25) is 5.71 Å². The predicted molar refractivity (Wildman–Crippen MR) is 187 cm³/mol. The van der Waals surface area contributed by atoms with Crippen LogP contribution in [0.4, 0.5) is 0 Å². The van der Waals surface area contributed by atoms with Crippen molar-refractivity contribution in [1.29, 1.82) is 0 Å². The molecular formula is C41H39N3O.